The van der Waals surface area contributed by atoms with Crippen LogP contribution in [0.3, 0.4) is 0 Å². The Kier molecular flexibility index (Phi) is 3.82. The average Bonchev–Trinajstić information content (AvgIpc) is 2.83. The van der Waals surface area contributed by atoms with Crippen molar-refractivity contribution >= 4 is 5.97 Å². The van der Waals surface area contributed by atoms with Crippen molar-refractivity contribution in [3.8, 4) is 0 Å². The topological polar surface area (TPSA) is 77.8 Å². The quantitative estimate of drug-likeness (QED) is 0.688. The fraction of sp³-hybridized carbons (Fsp3) is 0.950. The number of carboxylic acids is 1. The molecule has 4 nitrogen and oxygen atoms in total. The van der Waals surface area contributed by atoms with Crippen LogP contribution in [0, 0.1) is 40.4 Å². The number of aliphatic hydroxyl groups excluding tert-OH is 2. The Morgan fingerprint density at radius 2 is 1.54 bits per heavy atom. The molecule has 0 bridgehead atoms. The van der Waals surface area contributed by atoms with Gasteiger partial charge in [-0.2, -0.15) is 0 Å². The van der Waals surface area contributed by atoms with Gasteiger partial charge in [0, 0.05) is 0 Å². The maximum Gasteiger partial charge on any atom is 0.306 e. The molecule has 0 radical (unpaired) electrons. The number of hydrogen-bond donors (Lipinski definition) is 3. The lowest BCUT2D eigenvalue weighted by Gasteiger charge is -2.62. The number of aliphatic carboxylic acids is 1. The van der Waals surface area contributed by atoms with Gasteiger partial charge in [0.15, 0.2) is 0 Å². The largest absolute Gasteiger partial charge is 0.481 e. The Balaban J connectivity index is 1.71. The predicted octanol–water partition coefficient (Wildman–Crippen LogP) is 3.06. The number of fused-ring (bicyclic) bond motifs is 5. The molecule has 4 fully saturated rings. The van der Waals surface area contributed by atoms with Gasteiger partial charge in [0.05, 0.1) is 18.1 Å². The van der Waals surface area contributed by atoms with Gasteiger partial charge in [0.1, 0.15) is 0 Å². The van der Waals surface area contributed by atoms with Crippen molar-refractivity contribution in [3.63, 3.8) is 0 Å². The van der Waals surface area contributed by atoms with Gasteiger partial charge < -0.3 is 15.3 Å². The highest BCUT2D eigenvalue weighted by Gasteiger charge is 2.62. The summed E-state index contributed by atoms with van der Waals surface area (Å²) in [6.07, 6.45) is 6.74. The molecule has 4 saturated carbocycles. The molecule has 0 aromatic heterocycles. The van der Waals surface area contributed by atoms with Crippen LogP contribution in [-0.4, -0.2) is 33.5 Å². The highest BCUT2D eigenvalue weighted by molar-refractivity contribution is 5.71. The first-order valence-corrected chi connectivity index (χ1v) is 9.86. The van der Waals surface area contributed by atoms with Crippen molar-refractivity contribution in [1.29, 1.82) is 0 Å². The van der Waals surface area contributed by atoms with Gasteiger partial charge >= 0.3 is 5.97 Å². The zero-order valence-corrected chi connectivity index (χ0v) is 14.9. The van der Waals surface area contributed by atoms with E-state index >= 15 is 0 Å². The van der Waals surface area contributed by atoms with Gasteiger partial charge in [-0.05, 0) is 85.9 Å². The van der Waals surface area contributed by atoms with E-state index in [1.807, 2.05) is 0 Å². The predicted molar refractivity (Wildman–Crippen MR) is 90.2 cm³/mol. The highest BCUT2D eigenvalue weighted by Crippen LogP contribution is 2.67. The van der Waals surface area contributed by atoms with Crippen LogP contribution in [0.15, 0.2) is 0 Å². The van der Waals surface area contributed by atoms with Crippen molar-refractivity contribution in [2.45, 2.75) is 77.4 Å². The molecule has 0 aromatic carbocycles. The molecule has 3 N–H and O–H groups in total. The Labute approximate surface area is 144 Å². The Morgan fingerprint density at radius 3 is 2.25 bits per heavy atom. The lowest BCUT2D eigenvalue weighted by Crippen LogP contribution is -2.58. The monoisotopic (exact) mass is 336 g/mol. The van der Waals surface area contributed by atoms with E-state index in [0.717, 1.165) is 44.9 Å². The number of carbonyl (C=O) groups is 1. The summed E-state index contributed by atoms with van der Waals surface area (Å²) in [7, 11) is 0. The van der Waals surface area contributed by atoms with Crippen LogP contribution >= 0.6 is 0 Å². The molecule has 0 heterocycles. The summed E-state index contributed by atoms with van der Waals surface area (Å²) >= 11 is 0. The van der Waals surface area contributed by atoms with E-state index in [1.54, 1.807) is 0 Å². The number of hydrogen-bond acceptors (Lipinski definition) is 3. The van der Waals surface area contributed by atoms with E-state index in [0.29, 0.717) is 24.2 Å². The summed E-state index contributed by atoms with van der Waals surface area (Å²) in [6.45, 7) is 4.55. The Bertz CT molecular complexity index is 534. The van der Waals surface area contributed by atoms with Gasteiger partial charge in [0.25, 0.3) is 0 Å². The van der Waals surface area contributed by atoms with Crippen LogP contribution in [0.2, 0.25) is 0 Å². The maximum absolute atomic E-state index is 12.0. The molecule has 24 heavy (non-hydrogen) atoms. The number of rotatable bonds is 1. The molecular formula is C20H32O4. The Hall–Kier alpha value is -0.610. The fourth-order valence-electron chi connectivity index (χ4n) is 7.57. The minimum atomic E-state index is -0.676. The van der Waals surface area contributed by atoms with Crippen LogP contribution in [-0.2, 0) is 4.79 Å². The molecule has 4 aliphatic carbocycles. The SMILES string of the molecule is C[C@]12CCC(O)C[C@@H]1[C@H](C(=O)O)C[C@@H]1[C@@H]2CC[C@]2(C)[C@@H](O)CC[C@@H]12. The van der Waals surface area contributed by atoms with Crippen LogP contribution < -0.4 is 0 Å². The first-order chi connectivity index (χ1) is 11.3. The molecule has 1 unspecified atom stereocenters. The molecule has 4 rings (SSSR count). The van der Waals surface area contributed by atoms with E-state index in [4.69, 9.17) is 0 Å². The first-order valence-electron chi connectivity index (χ1n) is 9.86. The van der Waals surface area contributed by atoms with Crippen LogP contribution in [0.4, 0.5) is 0 Å². The van der Waals surface area contributed by atoms with Gasteiger partial charge in [-0.15, -0.1) is 0 Å². The molecular weight excluding hydrogens is 304 g/mol. The average molecular weight is 336 g/mol. The first kappa shape index (κ1) is 16.8. The van der Waals surface area contributed by atoms with Crippen LogP contribution in [0.25, 0.3) is 0 Å². The van der Waals surface area contributed by atoms with E-state index in [1.165, 1.54) is 0 Å². The number of aliphatic hydroxyl groups is 2. The van der Waals surface area contributed by atoms with Crippen molar-refractivity contribution < 1.29 is 20.1 Å². The lowest BCUT2D eigenvalue weighted by atomic mass is 9.43. The van der Waals surface area contributed by atoms with E-state index in [-0.39, 0.29) is 34.9 Å². The summed E-state index contributed by atoms with van der Waals surface area (Å²) in [4.78, 5) is 12.0. The highest BCUT2D eigenvalue weighted by atomic mass is 16.4. The van der Waals surface area contributed by atoms with Crippen molar-refractivity contribution in [1.82, 2.24) is 0 Å². The van der Waals surface area contributed by atoms with Crippen LogP contribution in [0.5, 0.6) is 0 Å². The Morgan fingerprint density at radius 1 is 0.875 bits per heavy atom. The summed E-state index contributed by atoms with van der Waals surface area (Å²) in [5, 5.41) is 30.6. The zero-order chi connectivity index (χ0) is 17.3. The molecule has 4 heteroatoms. The molecule has 0 aromatic rings. The lowest BCUT2D eigenvalue weighted by molar-refractivity contribution is -0.177. The summed E-state index contributed by atoms with van der Waals surface area (Å²) in [6, 6.07) is 0. The second kappa shape index (κ2) is 5.44. The summed E-state index contributed by atoms with van der Waals surface area (Å²) < 4.78 is 0. The number of carboxylic acid groups (broad SMARTS) is 1. The molecule has 0 saturated heterocycles. The zero-order valence-electron chi connectivity index (χ0n) is 14.9. The van der Waals surface area contributed by atoms with Gasteiger partial charge in [-0.1, -0.05) is 13.8 Å². The molecule has 0 aliphatic heterocycles. The molecule has 9 atom stereocenters. The van der Waals surface area contributed by atoms with Crippen molar-refractivity contribution in [3.05, 3.63) is 0 Å². The standard InChI is InChI=1S/C20H32O4/c1-19-7-5-11(21)9-16(19)13(18(23)24)10-12-14-3-4-17(22)20(14,2)8-6-15(12)19/h11-17,21-22H,3-10H2,1-2H3,(H,23,24)/t11?,12-,13+,14-,15-,16+,17-,19+,20-/m0/s1. The third kappa shape index (κ3) is 2.14. The molecule has 136 valence electrons. The summed E-state index contributed by atoms with van der Waals surface area (Å²) in [5.41, 5.74) is 0.0294. The van der Waals surface area contributed by atoms with Gasteiger partial charge in [-0.25, -0.2) is 0 Å². The summed E-state index contributed by atoms with van der Waals surface area (Å²) in [5.74, 6) is 0.566. The maximum atomic E-state index is 12.0. The molecule has 4 aliphatic rings. The van der Waals surface area contributed by atoms with Gasteiger partial charge in [-0.3, -0.25) is 4.79 Å². The van der Waals surface area contributed by atoms with E-state index in [9.17, 15) is 20.1 Å². The minimum Gasteiger partial charge on any atom is -0.481 e. The minimum absolute atomic E-state index is 0.0123. The van der Waals surface area contributed by atoms with E-state index < -0.39 is 5.97 Å². The third-order valence-corrected chi connectivity index (χ3v) is 8.95. The second-order valence-electron chi connectivity index (χ2n) is 9.74. The van der Waals surface area contributed by atoms with E-state index in [2.05, 4.69) is 13.8 Å². The molecule has 0 amide bonds. The molecule has 0 spiro atoms. The van der Waals surface area contributed by atoms with Crippen molar-refractivity contribution in [2.24, 2.45) is 40.4 Å². The third-order valence-electron chi connectivity index (χ3n) is 8.95. The van der Waals surface area contributed by atoms with Crippen molar-refractivity contribution in [2.75, 3.05) is 0 Å². The van der Waals surface area contributed by atoms with Gasteiger partial charge in [0.2, 0.25) is 0 Å². The fourth-order valence-corrected chi connectivity index (χ4v) is 7.57. The second-order valence-corrected chi connectivity index (χ2v) is 9.74. The van der Waals surface area contributed by atoms with Crippen LogP contribution in [0.1, 0.15) is 65.2 Å². The smallest absolute Gasteiger partial charge is 0.306 e. The normalized spacial score (nSPS) is 56.9.